The van der Waals surface area contributed by atoms with Gasteiger partial charge < -0.3 is 14.5 Å². The SMILES string of the molecule is COC(=O)c1occc1CNCCC1CCCC1. The molecule has 1 aromatic rings. The lowest BCUT2D eigenvalue weighted by Crippen LogP contribution is -2.18. The summed E-state index contributed by atoms with van der Waals surface area (Å²) in [5.41, 5.74) is 0.869. The number of nitrogens with one attached hydrogen (secondary N) is 1. The van der Waals surface area contributed by atoms with E-state index in [9.17, 15) is 4.79 Å². The number of carbonyl (C=O) groups is 1. The highest BCUT2D eigenvalue weighted by Gasteiger charge is 2.16. The van der Waals surface area contributed by atoms with E-state index >= 15 is 0 Å². The first-order chi connectivity index (χ1) is 8.81. The zero-order valence-electron chi connectivity index (χ0n) is 10.9. The molecule has 0 atom stereocenters. The Morgan fingerprint density at radius 3 is 3.00 bits per heavy atom. The maximum Gasteiger partial charge on any atom is 0.374 e. The summed E-state index contributed by atoms with van der Waals surface area (Å²) in [7, 11) is 1.36. The van der Waals surface area contributed by atoms with Crippen LogP contribution >= 0.6 is 0 Å². The molecule has 0 saturated heterocycles. The van der Waals surface area contributed by atoms with E-state index in [-0.39, 0.29) is 0 Å². The van der Waals surface area contributed by atoms with Gasteiger partial charge in [-0.3, -0.25) is 0 Å². The Kier molecular flexibility index (Phi) is 4.81. The Morgan fingerprint density at radius 1 is 1.50 bits per heavy atom. The molecule has 0 bridgehead atoms. The zero-order chi connectivity index (χ0) is 12.8. The third-order valence-electron chi connectivity index (χ3n) is 3.64. The van der Waals surface area contributed by atoms with Gasteiger partial charge in [-0.15, -0.1) is 0 Å². The quantitative estimate of drug-likeness (QED) is 0.624. The lowest BCUT2D eigenvalue weighted by atomic mass is 10.0. The van der Waals surface area contributed by atoms with Crippen molar-refractivity contribution >= 4 is 5.97 Å². The van der Waals surface area contributed by atoms with Crippen LogP contribution in [0.25, 0.3) is 0 Å². The Labute approximate surface area is 108 Å². The summed E-state index contributed by atoms with van der Waals surface area (Å²) in [5.74, 6) is 0.792. The van der Waals surface area contributed by atoms with E-state index in [1.165, 1.54) is 45.5 Å². The lowest BCUT2D eigenvalue weighted by Gasteiger charge is -2.09. The number of hydrogen-bond donors (Lipinski definition) is 1. The monoisotopic (exact) mass is 251 g/mol. The minimum absolute atomic E-state index is 0.311. The van der Waals surface area contributed by atoms with E-state index in [2.05, 4.69) is 10.1 Å². The molecule has 2 rings (SSSR count). The van der Waals surface area contributed by atoms with Crippen molar-refractivity contribution in [2.24, 2.45) is 5.92 Å². The number of carbonyl (C=O) groups excluding carboxylic acids is 1. The molecule has 1 aromatic heterocycles. The number of furan rings is 1. The number of esters is 1. The first-order valence-electron chi connectivity index (χ1n) is 6.66. The van der Waals surface area contributed by atoms with Crippen LogP contribution in [0.4, 0.5) is 0 Å². The fourth-order valence-corrected chi connectivity index (χ4v) is 2.57. The molecule has 0 spiro atoms. The smallest absolute Gasteiger partial charge is 0.374 e. The van der Waals surface area contributed by atoms with Gasteiger partial charge in [0.25, 0.3) is 0 Å². The highest BCUT2D eigenvalue weighted by atomic mass is 16.5. The second-order valence-electron chi connectivity index (χ2n) is 4.88. The van der Waals surface area contributed by atoms with Gasteiger partial charge in [0, 0.05) is 12.1 Å². The van der Waals surface area contributed by atoms with Gasteiger partial charge in [-0.2, -0.15) is 0 Å². The van der Waals surface area contributed by atoms with Crippen LogP contribution in [0.5, 0.6) is 0 Å². The fraction of sp³-hybridized carbons (Fsp3) is 0.643. The van der Waals surface area contributed by atoms with Crippen LogP contribution in [0.15, 0.2) is 16.7 Å². The molecule has 4 nitrogen and oxygen atoms in total. The van der Waals surface area contributed by atoms with Gasteiger partial charge in [0.05, 0.1) is 13.4 Å². The van der Waals surface area contributed by atoms with Crippen LogP contribution in [0.2, 0.25) is 0 Å². The molecule has 4 heteroatoms. The van der Waals surface area contributed by atoms with E-state index in [0.717, 1.165) is 18.0 Å². The van der Waals surface area contributed by atoms with Gasteiger partial charge in [-0.25, -0.2) is 4.79 Å². The summed E-state index contributed by atoms with van der Waals surface area (Å²) in [5, 5.41) is 3.37. The van der Waals surface area contributed by atoms with E-state index in [1.54, 1.807) is 0 Å². The number of rotatable bonds is 6. The fourth-order valence-electron chi connectivity index (χ4n) is 2.57. The molecule has 1 heterocycles. The maximum absolute atomic E-state index is 11.4. The zero-order valence-corrected chi connectivity index (χ0v) is 10.9. The Balaban J connectivity index is 1.72. The molecule has 18 heavy (non-hydrogen) atoms. The third-order valence-corrected chi connectivity index (χ3v) is 3.64. The standard InChI is InChI=1S/C14H21NO3/c1-17-14(16)13-12(7-9-18-13)10-15-8-6-11-4-2-3-5-11/h7,9,11,15H,2-6,8,10H2,1H3. The molecule has 100 valence electrons. The van der Waals surface area contributed by atoms with Crippen LogP contribution < -0.4 is 5.32 Å². The van der Waals surface area contributed by atoms with Gasteiger partial charge in [-0.05, 0) is 24.9 Å². The normalized spacial score (nSPS) is 16.1. The molecule has 1 aliphatic rings. The van der Waals surface area contributed by atoms with Crippen molar-refractivity contribution in [1.29, 1.82) is 0 Å². The van der Waals surface area contributed by atoms with Crippen LogP contribution in [-0.2, 0) is 11.3 Å². The molecule has 0 amide bonds. The van der Waals surface area contributed by atoms with Crippen molar-refractivity contribution in [2.75, 3.05) is 13.7 Å². The second kappa shape index (κ2) is 6.59. The van der Waals surface area contributed by atoms with Crippen LogP contribution in [-0.4, -0.2) is 19.6 Å². The highest BCUT2D eigenvalue weighted by molar-refractivity contribution is 5.87. The van der Waals surface area contributed by atoms with Gasteiger partial charge in [0.2, 0.25) is 5.76 Å². The largest absolute Gasteiger partial charge is 0.463 e. The van der Waals surface area contributed by atoms with Crippen molar-refractivity contribution in [3.8, 4) is 0 Å². The minimum atomic E-state index is -0.410. The number of ether oxygens (including phenoxy) is 1. The molecular weight excluding hydrogens is 230 g/mol. The van der Waals surface area contributed by atoms with Gasteiger partial charge in [0.15, 0.2) is 0 Å². The molecule has 0 aromatic carbocycles. The van der Waals surface area contributed by atoms with Crippen molar-refractivity contribution < 1.29 is 13.9 Å². The Hall–Kier alpha value is -1.29. The van der Waals surface area contributed by atoms with Crippen molar-refractivity contribution in [1.82, 2.24) is 5.32 Å². The molecular formula is C14H21NO3. The molecule has 0 radical (unpaired) electrons. The molecule has 0 unspecified atom stereocenters. The van der Waals surface area contributed by atoms with Gasteiger partial charge in [-0.1, -0.05) is 25.7 Å². The minimum Gasteiger partial charge on any atom is -0.463 e. The predicted octanol–water partition coefficient (Wildman–Crippen LogP) is 2.74. The summed E-state index contributed by atoms with van der Waals surface area (Å²) in [6.45, 7) is 1.66. The summed E-state index contributed by atoms with van der Waals surface area (Å²) < 4.78 is 9.80. The predicted molar refractivity (Wildman–Crippen MR) is 68.3 cm³/mol. The van der Waals surface area contributed by atoms with E-state index in [0.29, 0.717) is 12.3 Å². The average molecular weight is 251 g/mol. The summed E-state index contributed by atoms with van der Waals surface area (Å²) in [6, 6.07) is 1.81. The first kappa shape index (κ1) is 13.1. The van der Waals surface area contributed by atoms with Crippen molar-refractivity contribution in [2.45, 2.75) is 38.6 Å². The van der Waals surface area contributed by atoms with Crippen molar-refractivity contribution in [3.63, 3.8) is 0 Å². The first-order valence-corrected chi connectivity index (χ1v) is 6.66. The molecule has 1 aliphatic carbocycles. The summed E-state index contributed by atoms with van der Waals surface area (Å²) in [6.07, 6.45) is 8.28. The molecule has 1 saturated carbocycles. The lowest BCUT2D eigenvalue weighted by molar-refractivity contribution is 0.0563. The average Bonchev–Trinajstić information content (AvgIpc) is 3.04. The molecule has 1 fully saturated rings. The molecule has 0 aliphatic heterocycles. The number of methoxy groups -OCH3 is 1. The highest BCUT2D eigenvalue weighted by Crippen LogP contribution is 2.26. The van der Waals surface area contributed by atoms with E-state index in [1.807, 2.05) is 6.07 Å². The summed E-state index contributed by atoms with van der Waals surface area (Å²) >= 11 is 0. The van der Waals surface area contributed by atoms with E-state index < -0.39 is 5.97 Å². The number of hydrogen-bond acceptors (Lipinski definition) is 4. The second-order valence-corrected chi connectivity index (χ2v) is 4.88. The van der Waals surface area contributed by atoms with Crippen LogP contribution in [0.3, 0.4) is 0 Å². The Bertz CT molecular complexity index is 380. The maximum atomic E-state index is 11.4. The van der Waals surface area contributed by atoms with Crippen LogP contribution in [0, 0.1) is 5.92 Å². The topological polar surface area (TPSA) is 51.5 Å². The summed E-state index contributed by atoms with van der Waals surface area (Å²) in [4.78, 5) is 11.4. The van der Waals surface area contributed by atoms with Crippen LogP contribution in [0.1, 0.15) is 48.2 Å². The van der Waals surface area contributed by atoms with Gasteiger partial charge >= 0.3 is 5.97 Å². The van der Waals surface area contributed by atoms with Gasteiger partial charge in [0.1, 0.15) is 0 Å². The molecule has 1 N–H and O–H groups in total. The Morgan fingerprint density at radius 2 is 2.28 bits per heavy atom. The van der Waals surface area contributed by atoms with Crippen molar-refractivity contribution in [3.05, 3.63) is 23.7 Å². The third kappa shape index (κ3) is 3.35. The van der Waals surface area contributed by atoms with E-state index in [4.69, 9.17) is 4.42 Å².